The summed E-state index contributed by atoms with van der Waals surface area (Å²) < 4.78 is 6.59. The van der Waals surface area contributed by atoms with E-state index in [4.69, 9.17) is 4.74 Å². The van der Waals surface area contributed by atoms with Crippen molar-refractivity contribution in [3.8, 4) is 10.6 Å². The van der Waals surface area contributed by atoms with Crippen molar-refractivity contribution < 1.29 is 9.53 Å². The normalized spacial score (nSPS) is 14.7. The number of thiazole rings is 1. The molecule has 2 N–H and O–H groups in total. The van der Waals surface area contributed by atoms with Gasteiger partial charge in [0.15, 0.2) is 16.3 Å². The van der Waals surface area contributed by atoms with E-state index in [0.717, 1.165) is 59.0 Å². The van der Waals surface area contributed by atoms with Crippen LogP contribution in [-0.4, -0.2) is 45.7 Å². The second-order valence-corrected chi connectivity index (χ2v) is 8.76. The van der Waals surface area contributed by atoms with Crippen LogP contribution in [0.2, 0.25) is 0 Å². The van der Waals surface area contributed by atoms with Gasteiger partial charge in [-0.05, 0) is 31.0 Å². The fraction of sp³-hybridized carbons (Fsp3) is 0.250. The smallest absolute Gasteiger partial charge is 0.180 e. The van der Waals surface area contributed by atoms with Crippen molar-refractivity contribution in [2.45, 2.75) is 18.9 Å². The molecular formula is C20H18N6O2S2. The summed E-state index contributed by atoms with van der Waals surface area (Å²) in [7, 11) is 0. The SMILES string of the molecule is O=Cc1nnc(-c2cnc(Nc3ccc4ncsc4c3)cc2NC2CCOCC2)s1. The zero-order valence-electron chi connectivity index (χ0n) is 15.9. The van der Waals surface area contributed by atoms with E-state index in [1.807, 2.05) is 23.7 Å². The van der Waals surface area contributed by atoms with Crippen molar-refractivity contribution in [1.29, 1.82) is 0 Å². The number of pyridine rings is 1. The van der Waals surface area contributed by atoms with Gasteiger partial charge in [0.25, 0.3) is 0 Å². The van der Waals surface area contributed by atoms with Crippen molar-refractivity contribution >= 4 is 56.4 Å². The number of nitrogens with zero attached hydrogens (tertiary/aromatic N) is 4. The first-order valence-corrected chi connectivity index (χ1v) is 11.2. The third-order valence-corrected chi connectivity index (χ3v) is 6.53. The molecule has 4 heterocycles. The van der Waals surface area contributed by atoms with Crippen LogP contribution < -0.4 is 10.6 Å². The van der Waals surface area contributed by atoms with Crippen LogP contribution in [0.15, 0.2) is 36.0 Å². The number of fused-ring (bicyclic) bond motifs is 1. The first-order chi connectivity index (χ1) is 14.8. The van der Waals surface area contributed by atoms with E-state index < -0.39 is 0 Å². The van der Waals surface area contributed by atoms with Crippen LogP contribution in [0.4, 0.5) is 17.2 Å². The maximum absolute atomic E-state index is 11.0. The molecule has 0 radical (unpaired) electrons. The molecule has 5 rings (SSSR count). The number of anilines is 3. The highest BCUT2D eigenvalue weighted by molar-refractivity contribution is 7.16. The lowest BCUT2D eigenvalue weighted by atomic mass is 10.1. The third-order valence-electron chi connectivity index (χ3n) is 4.86. The summed E-state index contributed by atoms with van der Waals surface area (Å²) in [6, 6.07) is 8.33. The van der Waals surface area contributed by atoms with Gasteiger partial charge in [0.05, 0.1) is 21.3 Å². The van der Waals surface area contributed by atoms with E-state index in [2.05, 4.69) is 36.9 Å². The van der Waals surface area contributed by atoms with E-state index in [0.29, 0.717) is 22.3 Å². The average molecular weight is 439 g/mol. The minimum atomic E-state index is 0.305. The van der Waals surface area contributed by atoms with E-state index in [1.165, 1.54) is 11.3 Å². The van der Waals surface area contributed by atoms with E-state index >= 15 is 0 Å². The van der Waals surface area contributed by atoms with Crippen molar-refractivity contribution in [2.24, 2.45) is 0 Å². The van der Waals surface area contributed by atoms with Crippen molar-refractivity contribution in [1.82, 2.24) is 20.2 Å². The molecule has 8 nitrogen and oxygen atoms in total. The molecule has 0 aliphatic carbocycles. The molecule has 0 atom stereocenters. The Morgan fingerprint density at radius 1 is 1.13 bits per heavy atom. The van der Waals surface area contributed by atoms with Crippen LogP contribution in [0.5, 0.6) is 0 Å². The predicted octanol–water partition coefficient (Wildman–Crippen LogP) is 4.36. The highest BCUT2D eigenvalue weighted by Gasteiger charge is 2.18. The second kappa shape index (κ2) is 8.42. The van der Waals surface area contributed by atoms with Gasteiger partial charge in [0.1, 0.15) is 5.82 Å². The Morgan fingerprint density at radius 3 is 2.87 bits per heavy atom. The highest BCUT2D eigenvalue weighted by Crippen LogP contribution is 2.33. The Bertz CT molecular complexity index is 1180. The molecule has 0 bridgehead atoms. The fourth-order valence-electron chi connectivity index (χ4n) is 3.35. The topological polar surface area (TPSA) is 102 Å². The zero-order chi connectivity index (χ0) is 20.3. The summed E-state index contributed by atoms with van der Waals surface area (Å²) in [6.07, 6.45) is 4.35. The van der Waals surface area contributed by atoms with Gasteiger partial charge in [-0.25, -0.2) is 9.97 Å². The summed E-state index contributed by atoms with van der Waals surface area (Å²) in [5.41, 5.74) is 5.51. The lowest BCUT2D eigenvalue weighted by Gasteiger charge is -2.25. The molecule has 0 amide bonds. The number of aromatic nitrogens is 4. The molecule has 0 unspecified atom stereocenters. The van der Waals surface area contributed by atoms with Gasteiger partial charge >= 0.3 is 0 Å². The third kappa shape index (κ3) is 4.02. The largest absolute Gasteiger partial charge is 0.381 e. The Balaban J connectivity index is 1.47. The van der Waals surface area contributed by atoms with E-state index in [-0.39, 0.29) is 0 Å². The minimum absolute atomic E-state index is 0.305. The van der Waals surface area contributed by atoms with Crippen LogP contribution >= 0.6 is 22.7 Å². The summed E-state index contributed by atoms with van der Waals surface area (Å²) in [5, 5.41) is 16.1. The first kappa shape index (κ1) is 19.0. The van der Waals surface area contributed by atoms with Gasteiger partial charge in [-0.2, -0.15) is 0 Å². The maximum Gasteiger partial charge on any atom is 0.180 e. The Kier molecular flexibility index (Phi) is 5.35. The second-order valence-electron chi connectivity index (χ2n) is 6.87. The Hall–Kier alpha value is -2.95. The monoisotopic (exact) mass is 438 g/mol. The number of hydrogen-bond donors (Lipinski definition) is 2. The number of hydrogen-bond acceptors (Lipinski definition) is 10. The highest BCUT2D eigenvalue weighted by atomic mass is 32.1. The maximum atomic E-state index is 11.0. The number of rotatable bonds is 6. The molecule has 10 heteroatoms. The summed E-state index contributed by atoms with van der Waals surface area (Å²) >= 11 is 2.86. The standard InChI is InChI=1S/C20H18N6O2S2/c27-10-19-25-26-20(30-19)14-9-21-18(8-16(14)23-12-3-5-28-6-4-12)24-13-1-2-15-17(7-13)29-11-22-15/h1-2,7-12H,3-6H2,(H2,21,23,24). The van der Waals surface area contributed by atoms with Crippen LogP contribution in [0, 0.1) is 0 Å². The van der Waals surface area contributed by atoms with Gasteiger partial charge in [-0.15, -0.1) is 21.5 Å². The van der Waals surface area contributed by atoms with Crippen molar-refractivity contribution in [2.75, 3.05) is 23.8 Å². The van der Waals surface area contributed by atoms with E-state index in [1.54, 1.807) is 17.5 Å². The number of ether oxygens (including phenoxy) is 1. The summed E-state index contributed by atoms with van der Waals surface area (Å²) in [4.78, 5) is 19.9. The van der Waals surface area contributed by atoms with Gasteiger partial charge in [0, 0.05) is 42.9 Å². The number of benzene rings is 1. The fourth-order valence-corrected chi connectivity index (χ4v) is 4.75. The molecule has 30 heavy (non-hydrogen) atoms. The van der Waals surface area contributed by atoms with Gasteiger partial charge in [0.2, 0.25) is 0 Å². The summed E-state index contributed by atoms with van der Waals surface area (Å²) in [5.74, 6) is 0.720. The van der Waals surface area contributed by atoms with Gasteiger partial charge in [-0.3, -0.25) is 4.79 Å². The molecule has 1 aliphatic rings. The lowest BCUT2D eigenvalue weighted by molar-refractivity contribution is 0.0904. The molecule has 4 aromatic rings. The molecule has 1 saturated heterocycles. The first-order valence-electron chi connectivity index (χ1n) is 9.52. The molecule has 1 fully saturated rings. The Labute approximate surface area is 180 Å². The summed E-state index contributed by atoms with van der Waals surface area (Å²) in [6.45, 7) is 1.48. The molecule has 0 saturated carbocycles. The molecular weight excluding hydrogens is 420 g/mol. The number of carbonyl (C=O) groups is 1. The van der Waals surface area contributed by atoms with Crippen molar-refractivity contribution in [3.05, 3.63) is 41.0 Å². The van der Waals surface area contributed by atoms with Gasteiger partial charge < -0.3 is 15.4 Å². The molecule has 0 spiro atoms. The Morgan fingerprint density at radius 2 is 2.03 bits per heavy atom. The molecule has 1 aliphatic heterocycles. The molecule has 3 aromatic heterocycles. The van der Waals surface area contributed by atoms with Crippen LogP contribution in [0.3, 0.4) is 0 Å². The minimum Gasteiger partial charge on any atom is -0.381 e. The number of carbonyl (C=O) groups excluding carboxylic acids is 1. The van der Waals surface area contributed by atoms with Gasteiger partial charge in [-0.1, -0.05) is 11.3 Å². The number of aldehydes is 1. The quantitative estimate of drug-likeness (QED) is 0.428. The van der Waals surface area contributed by atoms with Crippen LogP contribution in [0.1, 0.15) is 22.6 Å². The lowest BCUT2D eigenvalue weighted by Crippen LogP contribution is -2.28. The molecule has 152 valence electrons. The predicted molar refractivity (Wildman–Crippen MR) is 119 cm³/mol. The molecule has 1 aromatic carbocycles. The van der Waals surface area contributed by atoms with E-state index in [9.17, 15) is 4.79 Å². The van der Waals surface area contributed by atoms with Crippen molar-refractivity contribution in [3.63, 3.8) is 0 Å². The number of nitrogens with one attached hydrogen (secondary N) is 2. The zero-order valence-corrected chi connectivity index (χ0v) is 17.5. The van der Waals surface area contributed by atoms with Crippen LogP contribution in [-0.2, 0) is 4.74 Å². The van der Waals surface area contributed by atoms with Crippen LogP contribution in [0.25, 0.3) is 20.8 Å². The average Bonchev–Trinajstić information content (AvgIpc) is 3.44.